The van der Waals surface area contributed by atoms with Crippen LogP contribution in [0.25, 0.3) is 5.69 Å². The molecule has 0 atom stereocenters. The predicted octanol–water partition coefficient (Wildman–Crippen LogP) is 4.30. The van der Waals surface area contributed by atoms with E-state index in [-0.39, 0.29) is 0 Å². The molecule has 1 heterocycles. The molecule has 0 aliphatic carbocycles. The first-order valence-corrected chi connectivity index (χ1v) is 7.54. The van der Waals surface area contributed by atoms with Gasteiger partial charge in [0, 0.05) is 6.04 Å². The first kappa shape index (κ1) is 14.9. The molecule has 20 heavy (non-hydrogen) atoms. The van der Waals surface area contributed by atoms with Gasteiger partial charge in [-0.25, -0.2) is 9.67 Å². The van der Waals surface area contributed by atoms with E-state index in [1.807, 2.05) is 18.2 Å². The molecule has 0 aliphatic heterocycles. The lowest BCUT2D eigenvalue weighted by atomic mass is 10.1. The molecule has 0 bridgehead atoms. The van der Waals surface area contributed by atoms with Crippen LogP contribution in [0.3, 0.4) is 0 Å². The Morgan fingerprint density at radius 2 is 2.00 bits per heavy atom. The van der Waals surface area contributed by atoms with Crippen LogP contribution in [-0.2, 0) is 0 Å². The summed E-state index contributed by atoms with van der Waals surface area (Å²) in [5, 5.41) is 8.47. The number of hydrogen-bond donors (Lipinski definition) is 1. The third kappa shape index (κ3) is 3.51. The maximum absolute atomic E-state index is 6.33. The van der Waals surface area contributed by atoms with Crippen LogP contribution < -0.4 is 5.32 Å². The molecule has 0 radical (unpaired) electrons. The zero-order chi connectivity index (χ0) is 14.4. The van der Waals surface area contributed by atoms with Crippen molar-refractivity contribution in [3.05, 3.63) is 35.9 Å². The lowest BCUT2D eigenvalue weighted by Gasteiger charge is -2.21. The van der Waals surface area contributed by atoms with Crippen LogP contribution in [0, 0.1) is 0 Å². The highest BCUT2D eigenvalue weighted by atomic mass is 35.5. The van der Waals surface area contributed by atoms with Crippen LogP contribution in [0.1, 0.15) is 39.5 Å². The fourth-order valence-electron chi connectivity index (χ4n) is 2.39. The average Bonchev–Trinajstić information content (AvgIpc) is 2.93. The number of benzene rings is 1. The molecule has 0 fully saturated rings. The van der Waals surface area contributed by atoms with Crippen molar-refractivity contribution in [3.63, 3.8) is 0 Å². The summed E-state index contributed by atoms with van der Waals surface area (Å²) in [5.41, 5.74) is 1.87. The second-order valence-corrected chi connectivity index (χ2v) is 5.30. The van der Waals surface area contributed by atoms with Crippen molar-refractivity contribution in [2.24, 2.45) is 0 Å². The van der Waals surface area contributed by atoms with Gasteiger partial charge >= 0.3 is 0 Å². The topological polar surface area (TPSA) is 42.7 Å². The molecule has 2 aromatic rings. The van der Waals surface area contributed by atoms with Gasteiger partial charge in [0.05, 0.1) is 10.7 Å². The Morgan fingerprint density at radius 3 is 2.60 bits per heavy atom. The van der Waals surface area contributed by atoms with Crippen molar-refractivity contribution in [2.45, 2.75) is 45.6 Å². The van der Waals surface area contributed by atoms with Gasteiger partial charge in [-0.2, -0.15) is 5.10 Å². The predicted molar refractivity (Wildman–Crippen MR) is 83.6 cm³/mol. The van der Waals surface area contributed by atoms with Gasteiger partial charge in [0.1, 0.15) is 18.3 Å². The molecule has 4 nitrogen and oxygen atoms in total. The number of anilines is 1. The highest BCUT2D eigenvalue weighted by Crippen LogP contribution is 2.29. The first-order chi connectivity index (χ1) is 9.76. The molecular weight excluding hydrogens is 272 g/mol. The Morgan fingerprint density at radius 1 is 1.25 bits per heavy atom. The van der Waals surface area contributed by atoms with E-state index < -0.39 is 0 Å². The average molecular weight is 293 g/mol. The Balaban J connectivity index is 2.29. The minimum absolute atomic E-state index is 0.464. The van der Waals surface area contributed by atoms with Crippen molar-refractivity contribution in [3.8, 4) is 5.69 Å². The van der Waals surface area contributed by atoms with E-state index in [1.54, 1.807) is 11.0 Å². The van der Waals surface area contributed by atoms with Gasteiger partial charge in [0.25, 0.3) is 0 Å². The van der Waals surface area contributed by atoms with Crippen LogP contribution in [0.15, 0.2) is 30.9 Å². The Hall–Kier alpha value is -1.55. The third-order valence-electron chi connectivity index (χ3n) is 3.27. The summed E-state index contributed by atoms with van der Waals surface area (Å²) in [4.78, 5) is 4.00. The molecule has 1 N–H and O–H groups in total. The van der Waals surface area contributed by atoms with Crippen molar-refractivity contribution in [1.29, 1.82) is 0 Å². The number of nitrogens with zero attached hydrogens (tertiary/aromatic N) is 3. The van der Waals surface area contributed by atoms with Crippen molar-refractivity contribution in [1.82, 2.24) is 14.8 Å². The Labute approximate surface area is 125 Å². The van der Waals surface area contributed by atoms with Crippen molar-refractivity contribution < 1.29 is 0 Å². The van der Waals surface area contributed by atoms with Crippen LogP contribution in [0.4, 0.5) is 5.69 Å². The SMILES string of the molecule is CCCC(CCC)Nc1cccc(Cl)c1-n1cncn1. The Bertz CT molecular complexity index is 519. The summed E-state index contributed by atoms with van der Waals surface area (Å²) in [6, 6.07) is 6.34. The fraction of sp³-hybridized carbons (Fsp3) is 0.467. The van der Waals surface area contributed by atoms with E-state index in [2.05, 4.69) is 29.2 Å². The van der Waals surface area contributed by atoms with Crippen LogP contribution in [0.5, 0.6) is 0 Å². The standard InChI is InChI=1S/C15H21ClN4/c1-3-6-12(7-4-2)19-14-9-5-8-13(16)15(14)20-11-17-10-18-20/h5,8-12,19H,3-4,6-7H2,1-2H3. The lowest BCUT2D eigenvalue weighted by Crippen LogP contribution is -2.20. The van der Waals surface area contributed by atoms with Gasteiger partial charge in [0.2, 0.25) is 0 Å². The maximum atomic E-state index is 6.33. The molecule has 0 aliphatic rings. The fourth-order valence-corrected chi connectivity index (χ4v) is 2.65. The van der Waals surface area contributed by atoms with E-state index in [4.69, 9.17) is 11.6 Å². The normalized spacial score (nSPS) is 11.0. The molecule has 1 aromatic heterocycles. The van der Waals surface area contributed by atoms with Gasteiger partial charge < -0.3 is 5.32 Å². The third-order valence-corrected chi connectivity index (χ3v) is 3.57. The molecule has 108 valence electrons. The summed E-state index contributed by atoms with van der Waals surface area (Å²) in [6.45, 7) is 4.42. The number of nitrogens with one attached hydrogen (secondary N) is 1. The van der Waals surface area contributed by atoms with Crippen molar-refractivity contribution >= 4 is 17.3 Å². The van der Waals surface area contributed by atoms with E-state index in [1.165, 1.54) is 6.33 Å². The molecule has 2 rings (SSSR count). The minimum atomic E-state index is 0.464. The summed E-state index contributed by atoms with van der Waals surface area (Å²) in [5.74, 6) is 0. The molecule has 1 aromatic carbocycles. The van der Waals surface area contributed by atoms with E-state index in [9.17, 15) is 0 Å². The van der Waals surface area contributed by atoms with Gasteiger partial charge in [-0.15, -0.1) is 0 Å². The molecule has 5 heteroatoms. The molecule has 0 spiro atoms. The van der Waals surface area contributed by atoms with Gasteiger partial charge in [-0.3, -0.25) is 0 Å². The lowest BCUT2D eigenvalue weighted by molar-refractivity contribution is 0.586. The number of aromatic nitrogens is 3. The quantitative estimate of drug-likeness (QED) is 0.827. The summed E-state index contributed by atoms with van der Waals surface area (Å²) in [6.07, 6.45) is 7.81. The van der Waals surface area contributed by atoms with Crippen LogP contribution in [0.2, 0.25) is 5.02 Å². The van der Waals surface area contributed by atoms with Gasteiger partial charge in [-0.1, -0.05) is 44.4 Å². The monoisotopic (exact) mass is 292 g/mol. The van der Waals surface area contributed by atoms with E-state index >= 15 is 0 Å². The molecule has 0 saturated heterocycles. The largest absolute Gasteiger partial charge is 0.381 e. The zero-order valence-electron chi connectivity index (χ0n) is 12.0. The second kappa shape index (κ2) is 7.29. The van der Waals surface area contributed by atoms with E-state index in [0.717, 1.165) is 37.1 Å². The van der Waals surface area contributed by atoms with Crippen molar-refractivity contribution in [2.75, 3.05) is 5.32 Å². The highest BCUT2D eigenvalue weighted by Gasteiger charge is 2.13. The molecule has 0 unspecified atom stereocenters. The smallest absolute Gasteiger partial charge is 0.138 e. The maximum Gasteiger partial charge on any atom is 0.138 e. The van der Waals surface area contributed by atoms with Gasteiger partial charge in [0.15, 0.2) is 0 Å². The highest BCUT2D eigenvalue weighted by molar-refractivity contribution is 6.33. The van der Waals surface area contributed by atoms with Crippen LogP contribution in [-0.4, -0.2) is 20.8 Å². The minimum Gasteiger partial charge on any atom is -0.381 e. The van der Waals surface area contributed by atoms with Gasteiger partial charge in [-0.05, 0) is 25.0 Å². The number of para-hydroxylation sites is 1. The second-order valence-electron chi connectivity index (χ2n) is 4.89. The van der Waals surface area contributed by atoms with E-state index in [0.29, 0.717) is 11.1 Å². The number of hydrogen-bond acceptors (Lipinski definition) is 3. The summed E-state index contributed by atoms with van der Waals surface area (Å²) < 4.78 is 1.71. The molecular formula is C15H21ClN4. The first-order valence-electron chi connectivity index (χ1n) is 7.16. The number of rotatable bonds is 7. The Kier molecular flexibility index (Phi) is 5.41. The summed E-state index contributed by atoms with van der Waals surface area (Å²) >= 11 is 6.33. The summed E-state index contributed by atoms with van der Waals surface area (Å²) in [7, 11) is 0. The zero-order valence-corrected chi connectivity index (χ0v) is 12.8. The number of halogens is 1. The molecule has 0 saturated carbocycles. The van der Waals surface area contributed by atoms with Crippen LogP contribution >= 0.6 is 11.6 Å². The molecule has 0 amide bonds.